The second-order valence-electron chi connectivity index (χ2n) is 6.06. The lowest BCUT2D eigenvalue weighted by Gasteiger charge is -2.25. The predicted molar refractivity (Wildman–Crippen MR) is 69.1 cm³/mol. The summed E-state index contributed by atoms with van der Waals surface area (Å²) < 4.78 is 5.92. The third kappa shape index (κ3) is 3.01. The SMILES string of the molecule is C1CC(OCCNC2CC3CCC2C3)CCN1. The Bertz CT molecular complexity index is 240. The molecular weight excluding hydrogens is 212 g/mol. The van der Waals surface area contributed by atoms with Crippen LogP contribution in [0.25, 0.3) is 0 Å². The summed E-state index contributed by atoms with van der Waals surface area (Å²) in [5.41, 5.74) is 0. The van der Waals surface area contributed by atoms with Gasteiger partial charge in [-0.25, -0.2) is 0 Å². The van der Waals surface area contributed by atoms with Crippen LogP contribution in [0.4, 0.5) is 0 Å². The number of hydrogen-bond acceptors (Lipinski definition) is 3. The van der Waals surface area contributed by atoms with E-state index in [2.05, 4.69) is 10.6 Å². The van der Waals surface area contributed by atoms with Crippen molar-refractivity contribution in [2.75, 3.05) is 26.2 Å². The first kappa shape index (κ1) is 11.9. The fraction of sp³-hybridized carbons (Fsp3) is 1.00. The number of hydrogen-bond donors (Lipinski definition) is 2. The minimum atomic E-state index is 0.512. The lowest BCUT2D eigenvalue weighted by molar-refractivity contribution is 0.0331. The Balaban J connectivity index is 1.28. The molecule has 0 aromatic rings. The zero-order valence-electron chi connectivity index (χ0n) is 10.8. The molecule has 1 saturated heterocycles. The van der Waals surface area contributed by atoms with E-state index in [4.69, 9.17) is 4.74 Å². The van der Waals surface area contributed by atoms with E-state index in [1.54, 1.807) is 0 Å². The Morgan fingerprint density at radius 3 is 2.65 bits per heavy atom. The van der Waals surface area contributed by atoms with Gasteiger partial charge in [0, 0.05) is 12.6 Å². The van der Waals surface area contributed by atoms with E-state index in [0.29, 0.717) is 6.10 Å². The lowest BCUT2D eigenvalue weighted by Crippen LogP contribution is -2.38. The van der Waals surface area contributed by atoms with E-state index in [0.717, 1.165) is 44.1 Å². The molecule has 3 nitrogen and oxygen atoms in total. The summed E-state index contributed by atoms with van der Waals surface area (Å²) in [6.45, 7) is 4.21. The molecule has 2 saturated carbocycles. The molecule has 0 aromatic carbocycles. The molecule has 3 aliphatic rings. The Morgan fingerprint density at radius 2 is 1.94 bits per heavy atom. The van der Waals surface area contributed by atoms with Gasteiger partial charge in [-0.2, -0.15) is 0 Å². The predicted octanol–water partition coefficient (Wildman–Crippen LogP) is 1.53. The van der Waals surface area contributed by atoms with Crippen LogP contribution in [0.15, 0.2) is 0 Å². The monoisotopic (exact) mass is 238 g/mol. The Hall–Kier alpha value is -0.120. The number of fused-ring (bicyclic) bond motifs is 2. The van der Waals surface area contributed by atoms with Gasteiger partial charge in [-0.3, -0.25) is 0 Å². The molecule has 98 valence electrons. The second-order valence-corrected chi connectivity index (χ2v) is 6.06. The maximum Gasteiger partial charge on any atom is 0.0600 e. The zero-order valence-corrected chi connectivity index (χ0v) is 10.8. The average Bonchev–Trinajstić information content (AvgIpc) is 2.98. The van der Waals surface area contributed by atoms with Crippen LogP contribution in [0, 0.1) is 11.8 Å². The van der Waals surface area contributed by atoms with Crippen molar-refractivity contribution >= 4 is 0 Å². The van der Waals surface area contributed by atoms with Crippen molar-refractivity contribution in [1.82, 2.24) is 10.6 Å². The summed E-state index contributed by atoms with van der Waals surface area (Å²) in [7, 11) is 0. The molecule has 2 N–H and O–H groups in total. The molecule has 1 aliphatic heterocycles. The highest BCUT2D eigenvalue weighted by molar-refractivity contribution is 4.93. The molecule has 0 spiro atoms. The van der Waals surface area contributed by atoms with Crippen LogP contribution in [0.1, 0.15) is 38.5 Å². The van der Waals surface area contributed by atoms with Crippen molar-refractivity contribution in [3.8, 4) is 0 Å². The molecule has 2 bridgehead atoms. The van der Waals surface area contributed by atoms with Crippen LogP contribution in [0.3, 0.4) is 0 Å². The highest BCUT2D eigenvalue weighted by atomic mass is 16.5. The molecular formula is C14H26N2O. The standard InChI is InChI=1S/C14H26N2O/c1-2-12-9-11(1)10-14(12)16-7-8-17-13-3-5-15-6-4-13/h11-16H,1-10H2. The highest BCUT2D eigenvalue weighted by Crippen LogP contribution is 2.44. The van der Waals surface area contributed by atoms with Crippen LogP contribution in [-0.4, -0.2) is 38.4 Å². The fourth-order valence-electron chi connectivity index (χ4n) is 3.93. The van der Waals surface area contributed by atoms with E-state index in [9.17, 15) is 0 Å². The van der Waals surface area contributed by atoms with Crippen molar-refractivity contribution in [3.63, 3.8) is 0 Å². The van der Waals surface area contributed by atoms with Gasteiger partial charge in [0.15, 0.2) is 0 Å². The number of piperidine rings is 1. The third-order valence-electron chi connectivity index (χ3n) is 4.89. The second kappa shape index (κ2) is 5.68. The van der Waals surface area contributed by atoms with E-state index < -0.39 is 0 Å². The van der Waals surface area contributed by atoms with Gasteiger partial charge in [0.1, 0.15) is 0 Å². The first-order chi connectivity index (χ1) is 8.42. The quantitative estimate of drug-likeness (QED) is 0.713. The van der Waals surface area contributed by atoms with Gasteiger partial charge in [-0.1, -0.05) is 6.42 Å². The molecule has 2 aliphatic carbocycles. The molecule has 3 atom stereocenters. The number of nitrogens with one attached hydrogen (secondary N) is 2. The smallest absolute Gasteiger partial charge is 0.0600 e. The molecule has 3 heteroatoms. The van der Waals surface area contributed by atoms with Gasteiger partial charge in [-0.15, -0.1) is 0 Å². The molecule has 3 unspecified atom stereocenters. The zero-order chi connectivity index (χ0) is 11.5. The van der Waals surface area contributed by atoms with Crippen molar-refractivity contribution < 1.29 is 4.74 Å². The van der Waals surface area contributed by atoms with E-state index in [1.807, 2.05) is 0 Å². The van der Waals surface area contributed by atoms with Gasteiger partial charge < -0.3 is 15.4 Å². The van der Waals surface area contributed by atoms with Gasteiger partial charge >= 0.3 is 0 Å². The molecule has 1 heterocycles. The molecule has 3 fully saturated rings. The van der Waals surface area contributed by atoms with Crippen molar-refractivity contribution in [1.29, 1.82) is 0 Å². The van der Waals surface area contributed by atoms with Gasteiger partial charge in [0.05, 0.1) is 12.7 Å². The van der Waals surface area contributed by atoms with Gasteiger partial charge in [-0.05, 0) is 57.0 Å². The van der Waals surface area contributed by atoms with Gasteiger partial charge in [0.25, 0.3) is 0 Å². The van der Waals surface area contributed by atoms with Crippen LogP contribution in [0.5, 0.6) is 0 Å². The topological polar surface area (TPSA) is 33.3 Å². The lowest BCUT2D eigenvalue weighted by atomic mass is 9.95. The number of ether oxygens (including phenoxy) is 1. The summed E-state index contributed by atoms with van der Waals surface area (Å²) in [4.78, 5) is 0. The minimum Gasteiger partial charge on any atom is -0.377 e. The summed E-state index contributed by atoms with van der Waals surface area (Å²) in [6, 6.07) is 0.811. The first-order valence-electron chi connectivity index (χ1n) is 7.47. The summed E-state index contributed by atoms with van der Waals surface area (Å²) >= 11 is 0. The molecule has 0 amide bonds. The van der Waals surface area contributed by atoms with Gasteiger partial charge in [0.2, 0.25) is 0 Å². The molecule has 17 heavy (non-hydrogen) atoms. The van der Waals surface area contributed by atoms with Crippen LogP contribution in [-0.2, 0) is 4.74 Å². The Morgan fingerprint density at radius 1 is 1.06 bits per heavy atom. The summed E-state index contributed by atoms with van der Waals surface area (Å²) in [5, 5.41) is 7.08. The normalized spacial score (nSPS) is 37.8. The van der Waals surface area contributed by atoms with Crippen LogP contribution >= 0.6 is 0 Å². The van der Waals surface area contributed by atoms with Crippen molar-refractivity contribution in [2.45, 2.75) is 50.7 Å². The molecule has 0 aromatic heterocycles. The highest BCUT2D eigenvalue weighted by Gasteiger charge is 2.38. The van der Waals surface area contributed by atoms with Crippen molar-refractivity contribution in [3.05, 3.63) is 0 Å². The molecule has 3 rings (SSSR count). The Kier molecular flexibility index (Phi) is 3.99. The minimum absolute atomic E-state index is 0.512. The Labute approximate surface area is 105 Å². The van der Waals surface area contributed by atoms with E-state index in [-0.39, 0.29) is 0 Å². The first-order valence-corrected chi connectivity index (χ1v) is 7.47. The maximum atomic E-state index is 5.92. The van der Waals surface area contributed by atoms with Crippen LogP contribution < -0.4 is 10.6 Å². The third-order valence-corrected chi connectivity index (χ3v) is 4.89. The average molecular weight is 238 g/mol. The van der Waals surface area contributed by atoms with E-state index >= 15 is 0 Å². The summed E-state index contributed by atoms with van der Waals surface area (Å²) in [6.07, 6.45) is 8.78. The maximum absolute atomic E-state index is 5.92. The van der Waals surface area contributed by atoms with E-state index in [1.165, 1.54) is 38.5 Å². The fourth-order valence-corrected chi connectivity index (χ4v) is 3.93. The van der Waals surface area contributed by atoms with Crippen LogP contribution in [0.2, 0.25) is 0 Å². The number of rotatable bonds is 5. The van der Waals surface area contributed by atoms with Crippen molar-refractivity contribution in [2.24, 2.45) is 11.8 Å². The summed E-state index contributed by atoms with van der Waals surface area (Å²) in [5.74, 6) is 2.03. The molecule has 0 radical (unpaired) electrons. The largest absolute Gasteiger partial charge is 0.377 e.